The van der Waals surface area contributed by atoms with E-state index in [9.17, 15) is 0 Å². The number of hydrogen-bond acceptors (Lipinski definition) is 3. The molecule has 2 aromatic heterocycles. The normalized spacial score (nSPS) is 10.9. The molecule has 0 spiro atoms. The first-order valence-corrected chi connectivity index (χ1v) is 5.88. The van der Waals surface area contributed by atoms with Crippen molar-refractivity contribution in [2.24, 2.45) is 7.05 Å². The van der Waals surface area contributed by atoms with E-state index in [2.05, 4.69) is 32.9 Å². The van der Waals surface area contributed by atoms with Crippen molar-refractivity contribution < 1.29 is 0 Å². The van der Waals surface area contributed by atoms with E-state index >= 15 is 0 Å². The van der Waals surface area contributed by atoms with Crippen LogP contribution in [0.1, 0.15) is 11.4 Å². The lowest BCUT2D eigenvalue weighted by atomic mass is 10.1. The van der Waals surface area contributed by atoms with Crippen LogP contribution in [0.15, 0.2) is 9.30 Å². The third-order valence-electron chi connectivity index (χ3n) is 2.24. The molecule has 0 bridgehead atoms. The molecule has 2 aromatic rings. The van der Waals surface area contributed by atoms with Gasteiger partial charge in [0.2, 0.25) is 0 Å². The minimum Gasteiger partial charge on any atom is -0.272 e. The second-order valence-corrected chi connectivity index (χ2v) is 5.29. The first-order valence-electron chi connectivity index (χ1n) is 4.21. The predicted molar refractivity (Wildman–Crippen MR) is 61.5 cm³/mol. The molecule has 0 aliphatic heterocycles. The first-order chi connectivity index (χ1) is 6.59. The summed E-state index contributed by atoms with van der Waals surface area (Å²) in [6.45, 7) is 4.07. The molecule has 0 saturated heterocycles. The molecule has 2 heterocycles. The Bertz CT molecular complexity index is 472. The van der Waals surface area contributed by atoms with E-state index in [0.717, 1.165) is 26.6 Å². The smallest absolute Gasteiger partial charge is 0.159 e. The quantitative estimate of drug-likeness (QED) is 0.799. The Morgan fingerprint density at radius 3 is 2.57 bits per heavy atom. The van der Waals surface area contributed by atoms with Gasteiger partial charge in [0, 0.05) is 23.7 Å². The fourth-order valence-electron chi connectivity index (χ4n) is 1.51. The molecule has 3 nitrogen and oxygen atoms in total. The van der Waals surface area contributed by atoms with E-state index in [1.165, 1.54) is 0 Å². The van der Waals surface area contributed by atoms with E-state index < -0.39 is 0 Å². The average molecular weight is 272 g/mol. The molecule has 74 valence electrons. The lowest BCUT2D eigenvalue weighted by molar-refractivity contribution is 0.731. The summed E-state index contributed by atoms with van der Waals surface area (Å²) in [5.41, 5.74) is 4.34. The van der Waals surface area contributed by atoms with Gasteiger partial charge in [-0.15, -0.1) is 11.3 Å². The molecule has 0 N–H and O–H groups in total. The van der Waals surface area contributed by atoms with E-state index in [1.54, 1.807) is 11.3 Å². The first kappa shape index (κ1) is 9.86. The molecule has 2 rings (SSSR count). The maximum absolute atomic E-state index is 4.40. The molecule has 0 radical (unpaired) electrons. The number of rotatable bonds is 1. The summed E-state index contributed by atoms with van der Waals surface area (Å²) in [6.07, 6.45) is 0. The van der Waals surface area contributed by atoms with Crippen molar-refractivity contribution in [2.75, 3.05) is 0 Å². The number of aromatic nitrogens is 3. The Balaban J connectivity index is 2.61. The van der Waals surface area contributed by atoms with Gasteiger partial charge in [-0.2, -0.15) is 5.10 Å². The van der Waals surface area contributed by atoms with Crippen LogP contribution in [0.25, 0.3) is 11.3 Å². The molecule has 0 aliphatic carbocycles. The Hall–Kier alpha value is -0.680. The van der Waals surface area contributed by atoms with Crippen molar-refractivity contribution in [1.29, 1.82) is 0 Å². The van der Waals surface area contributed by atoms with Gasteiger partial charge < -0.3 is 0 Å². The zero-order valence-corrected chi connectivity index (χ0v) is 10.6. The van der Waals surface area contributed by atoms with Gasteiger partial charge in [-0.3, -0.25) is 4.68 Å². The van der Waals surface area contributed by atoms with Crippen LogP contribution in [-0.2, 0) is 7.05 Å². The van der Waals surface area contributed by atoms with Gasteiger partial charge in [-0.25, -0.2) is 4.98 Å². The summed E-state index contributed by atoms with van der Waals surface area (Å²) in [4.78, 5) is 4.40. The highest BCUT2D eigenvalue weighted by atomic mass is 79.9. The van der Waals surface area contributed by atoms with Gasteiger partial charge in [0.15, 0.2) is 3.92 Å². The number of hydrogen-bond donors (Lipinski definition) is 0. The Morgan fingerprint density at radius 1 is 1.43 bits per heavy atom. The Morgan fingerprint density at radius 2 is 2.14 bits per heavy atom. The van der Waals surface area contributed by atoms with Gasteiger partial charge in [-0.1, -0.05) is 0 Å². The number of aryl methyl sites for hydroxylation is 2. The maximum Gasteiger partial charge on any atom is 0.159 e. The molecule has 5 heteroatoms. The SMILES string of the molecule is Cc1nn(C)c(C)c1-c1csc(Br)n1. The molecule has 0 amide bonds. The summed E-state index contributed by atoms with van der Waals surface area (Å²) >= 11 is 4.96. The number of nitrogens with zero attached hydrogens (tertiary/aromatic N) is 3. The van der Waals surface area contributed by atoms with Gasteiger partial charge in [0.05, 0.1) is 11.4 Å². The van der Waals surface area contributed by atoms with Crippen LogP contribution in [-0.4, -0.2) is 14.8 Å². The highest BCUT2D eigenvalue weighted by Crippen LogP contribution is 2.29. The molecule has 0 aliphatic rings. The summed E-state index contributed by atoms with van der Waals surface area (Å²) in [5.74, 6) is 0. The molecular formula is C9H10BrN3S. The summed E-state index contributed by atoms with van der Waals surface area (Å²) in [6, 6.07) is 0. The largest absolute Gasteiger partial charge is 0.272 e. The summed E-state index contributed by atoms with van der Waals surface area (Å²) in [5, 5.41) is 6.40. The van der Waals surface area contributed by atoms with Crippen LogP contribution < -0.4 is 0 Å². The second kappa shape index (κ2) is 3.47. The third kappa shape index (κ3) is 1.50. The third-order valence-corrected chi connectivity index (χ3v) is 3.61. The van der Waals surface area contributed by atoms with Crippen LogP contribution in [0.2, 0.25) is 0 Å². The van der Waals surface area contributed by atoms with E-state index in [4.69, 9.17) is 0 Å². The van der Waals surface area contributed by atoms with Crippen LogP contribution in [0, 0.1) is 13.8 Å². The van der Waals surface area contributed by atoms with Crippen LogP contribution in [0.4, 0.5) is 0 Å². The molecule has 14 heavy (non-hydrogen) atoms. The van der Waals surface area contributed by atoms with Crippen LogP contribution >= 0.6 is 27.3 Å². The fourth-order valence-corrected chi connectivity index (χ4v) is 2.51. The monoisotopic (exact) mass is 271 g/mol. The zero-order valence-electron chi connectivity index (χ0n) is 8.21. The minimum atomic E-state index is 0.912. The lowest BCUT2D eigenvalue weighted by Crippen LogP contribution is -1.92. The number of thiazole rings is 1. The molecule has 0 unspecified atom stereocenters. The van der Waals surface area contributed by atoms with E-state index in [-0.39, 0.29) is 0 Å². The van der Waals surface area contributed by atoms with E-state index in [0.29, 0.717) is 0 Å². The Kier molecular flexibility index (Phi) is 2.45. The van der Waals surface area contributed by atoms with E-state index in [1.807, 2.05) is 24.0 Å². The van der Waals surface area contributed by atoms with Gasteiger partial charge in [0.25, 0.3) is 0 Å². The highest BCUT2D eigenvalue weighted by molar-refractivity contribution is 9.11. The lowest BCUT2D eigenvalue weighted by Gasteiger charge is -1.96. The minimum absolute atomic E-state index is 0.912. The molecule has 0 atom stereocenters. The topological polar surface area (TPSA) is 30.7 Å². The van der Waals surface area contributed by atoms with Crippen molar-refractivity contribution in [2.45, 2.75) is 13.8 Å². The van der Waals surface area contributed by atoms with Crippen molar-refractivity contribution >= 4 is 27.3 Å². The van der Waals surface area contributed by atoms with Gasteiger partial charge >= 0.3 is 0 Å². The molecular weight excluding hydrogens is 262 g/mol. The number of halogens is 1. The molecule has 0 aromatic carbocycles. The Labute approximate surface area is 94.9 Å². The van der Waals surface area contributed by atoms with Crippen LogP contribution in [0.5, 0.6) is 0 Å². The van der Waals surface area contributed by atoms with Gasteiger partial charge in [-0.05, 0) is 29.8 Å². The summed E-state index contributed by atoms with van der Waals surface area (Å²) < 4.78 is 2.80. The van der Waals surface area contributed by atoms with Gasteiger partial charge in [0.1, 0.15) is 0 Å². The molecule has 0 fully saturated rings. The predicted octanol–water partition coefficient (Wildman–Crippen LogP) is 2.92. The zero-order chi connectivity index (χ0) is 10.3. The summed E-state index contributed by atoms with van der Waals surface area (Å²) in [7, 11) is 1.95. The van der Waals surface area contributed by atoms with Crippen LogP contribution in [0.3, 0.4) is 0 Å². The highest BCUT2D eigenvalue weighted by Gasteiger charge is 2.13. The maximum atomic E-state index is 4.40. The fraction of sp³-hybridized carbons (Fsp3) is 0.333. The van der Waals surface area contributed by atoms with Crippen molar-refractivity contribution in [3.63, 3.8) is 0 Å². The van der Waals surface area contributed by atoms with Crippen molar-refractivity contribution in [3.8, 4) is 11.3 Å². The standard InChI is InChI=1S/C9H10BrN3S/c1-5-8(6(2)13(3)12-5)7-4-14-9(10)11-7/h4H,1-3H3. The second-order valence-electron chi connectivity index (χ2n) is 3.16. The van der Waals surface area contributed by atoms with Crippen molar-refractivity contribution in [3.05, 3.63) is 20.7 Å². The molecule has 0 saturated carbocycles. The average Bonchev–Trinajstić information content (AvgIpc) is 2.60. The van der Waals surface area contributed by atoms with Crippen molar-refractivity contribution in [1.82, 2.24) is 14.8 Å².